The molecule has 120 valence electrons. The van der Waals surface area contributed by atoms with Crippen LogP contribution in [0.3, 0.4) is 0 Å². The van der Waals surface area contributed by atoms with E-state index in [4.69, 9.17) is 0 Å². The van der Waals surface area contributed by atoms with Crippen molar-refractivity contribution in [1.82, 2.24) is 9.78 Å². The molecule has 7 heteroatoms. The van der Waals surface area contributed by atoms with E-state index in [9.17, 15) is 12.8 Å². The molecule has 0 saturated heterocycles. The molecule has 0 fully saturated rings. The Balaban J connectivity index is 2.47. The molecular weight excluding hydrogens is 305 g/mol. The van der Waals surface area contributed by atoms with Gasteiger partial charge in [-0.05, 0) is 58.4 Å². The van der Waals surface area contributed by atoms with Crippen molar-refractivity contribution in [2.45, 2.75) is 45.6 Å². The van der Waals surface area contributed by atoms with Crippen molar-refractivity contribution >= 4 is 15.7 Å². The van der Waals surface area contributed by atoms with E-state index < -0.39 is 15.8 Å². The first-order valence-corrected chi connectivity index (χ1v) is 8.46. The lowest BCUT2D eigenvalue weighted by Gasteiger charge is -2.12. The molecule has 0 radical (unpaired) electrons. The fourth-order valence-corrected chi connectivity index (χ4v) is 4.01. The number of rotatable bonds is 4. The van der Waals surface area contributed by atoms with Gasteiger partial charge in [0, 0.05) is 6.04 Å². The van der Waals surface area contributed by atoms with Crippen molar-refractivity contribution in [3.05, 3.63) is 41.0 Å². The third-order valence-electron chi connectivity index (χ3n) is 3.45. The van der Waals surface area contributed by atoms with Crippen LogP contribution in [0.15, 0.2) is 23.1 Å². The quantitative estimate of drug-likeness (QED) is 0.938. The average Bonchev–Trinajstić information content (AvgIpc) is 2.69. The van der Waals surface area contributed by atoms with Crippen molar-refractivity contribution in [1.29, 1.82) is 0 Å². The second-order valence-corrected chi connectivity index (χ2v) is 7.22. The highest BCUT2D eigenvalue weighted by Crippen LogP contribution is 2.26. The number of aromatic nitrogens is 2. The Morgan fingerprint density at radius 1 is 1.23 bits per heavy atom. The predicted octanol–water partition coefficient (Wildman–Crippen LogP) is 3.33. The first-order chi connectivity index (χ1) is 10.1. The van der Waals surface area contributed by atoms with Gasteiger partial charge in [-0.2, -0.15) is 5.10 Å². The summed E-state index contributed by atoms with van der Waals surface area (Å²) in [6.45, 7) is 8.92. The first-order valence-electron chi connectivity index (χ1n) is 6.98. The summed E-state index contributed by atoms with van der Waals surface area (Å²) in [4.78, 5) is 0.171. The smallest absolute Gasteiger partial charge is 0.265 e. The van der Waals surface area contributed by atoms with Gasteiger partial charge in [0.2, 0.25) is 0 Å². The third-order valence-corrected chi connectivity index (χ3v) is 5.07. The summed E-state index contributed by atoms with van der Waals surface area (Å²) in [5, 5.41) is 4.29. The Morgan fingerprint density at radius 3 is 2.36 bits per heavy atom. The zero-order valence-electron chi connectivity index (χ0n) is 13.3. The summed E-state index contributed by atoms with van der Waals surface area (Å²) < 4.78 is 42.6. The van der Waals surface area contributed by atoms with E-state index in [0.29, 0.717) is 22.6 Å². The van der Waals surface area contributed by atoms with Gasteiger partial charge in [-0.3, -0.25) is 9.40 Å². The lowest BCUT2D eigenvalue weighted by Crippen LogP contribution is -2.16. The minimum absolute atomic E-state index is 0.0650. The number of nitrogens with zero attached hydrogens (tertiary/aromatic N) is 2. The maximum Gasteiger partial charge on any atom is 0.265 e. The molecule has 2 rings (SSSR count). The monoisotopic (exact) mass is 325 g/mol. The normalized spacial score (nSPS) is 12.0. The van der Waals surface area contributed by atoms with Crippen LogP contribution >= 0.6 is 0 Å². The highest BCUT2D eigenvalue weighted by Gasteiger charge is 2.25. The van der Waals surface area contributed by atoms with E-state index >= 15 is 0 Å². The van der Waals surface area contributed by atoms with E-state index in [-0.39, 0.29) is 10.9 Å². The zero-order valence-corrected chi connectivity index (χ0v) is 14.1. The average molecular weight is 325 g/mol. The van der Waals surface area contributed by atoms with Gasteiger partial charge in [-0.25, -0.2) is 12.8 Å². The number of hydrogen-bond donors (Lipinski definition) is 1. The standard InChI is InChI=1S/C15H20FN3O2S/c1-9(2)19-12(5)15(11(4)17-19)22(20,21)18-14-7-6-13(16)8-10(14)3/h6-9,18H,1-5H3. The maximum atomic E-state index is 13.1. The number of hydrogen-bond acceptors (Lipinski definition) is 3. The molecule has 0 amide bonds. The van der Waals surface area contributed by atoms with Crippen molar-refractivity contribution in [3.63, 3.8) is 0 Å². The van der Waals surface area contributed by atoms with Crippen LogP contribution in [-0.2, 0) is 10.0 Å². The van der Waals surface area contributed by atoms with Crippen molar-refractivity contribution < 1.29 is 12.8 Å². The Labute approximate surface area is 130 Å². The Hall–Kier alpha value is -1.89. The SMILES string of the molecule is Cc1cc(F)ccc1NS(=O)(=O)c1c(C)nn(C(C)C)c1C. The fourth-order valence-electron chi connectivity index (χ4n) is 2.48. The molecule has 2 aromatic rings. The van der Waals surface area contributed by atoms with Gasteiger partial charge in [-0.15, -0.1) is 0 Å². The summed E-state index contributed by atoms with van der Waals surface area (Å²) in [5.41, 5.74) is 1.91. The molecular formula is C15H20FN3O2S. The number of benzene rings is 1. The van der Waals surface area contributed by atoms with Crippen LogP contribution in [0.5, 0.6) is 0 Å². The number of anilines is 1. The van der Waals surface area contributed by atoms with E-state index in [2.05, 4.69) is 9.82 Å². The molecule has 0 aliphatic heterocycles. The summed E-state index contributed by atoms with van der Waals surface area (Å²) in [6, 6.07) is 3.99. The van der Waals surface area contributed by atoms with Crippen LogP contribution in [0.4, 0.5) is 10.1 Å². The molecule has 0 atom stereocenters. The van der Waals surface area contributed by atoms with E-state index in [1.807, 2.05) is 13.8 Å². The van der Waals surface area contributed by atoms with Gasteiger partial charge in [-0.1, -0.05) is 0 Å². The van der Waals surface area contributed by atoms with Crippen molar-refractivity contribution in [3.8, 4) is 0 Å². The van der Waals surface area contributed by atoms with Crippen LogP contribution in [0, 0.1) is 26.6 Å². The predicted molar refractivity (Wildman–Crippen MR) is 84.0 cm³/mol. The van der Waals surface area contributed by atoms with Gasteiger partial charge < -0.3 is 0 Å². The minimum Gasteiger partial charge on any atom is -0.279 e. The lowest BCUT2D eigenvalue weighted by atomic mass is 10.2. The van der Waals surface area contributed by atoms with Gasteiger partial charge >= 0.3 is 0 Å². The molecule has 5 nitrogen and oxygen atoms in total. The molecule has 22 heavy (non-hydrogen) atoms. The van der Waals surface area contributed by atoms with E-state index in [1.54, 1.807) is 25.5 Å². The Morgan fingerprint density at radius 2 is 1.86 bits per heavy atom. The third kappa shape index (κ3) is 2.99. The summed E-state index contributed by atoms with van der Waals surface area (Å²) in [6.07, 6.45) is 0. The molecule has 0 bridgehead atoms. The van der Waals surface area contributed by atoms with Gasteiger partial charge in [0.1, 0.15) is 10.7 Å². The van der Waals surface area contributed by atoms with Gasteiger partial charge in [0.25, 0.3) is 10.0 Å². The van der Waals surface area contributed by atoms with Crippen LogP contribution in [0.1, 0.15) is 36.8 Å². The van der Waals surface area contributed by atoms with Gasteiger partial charge in [0.15, 0.2) is 0 Å². The molecule has 1 N–H and O–H groups in total. The second-order valence-electron chi connectivity index (χ2n) is 5.60. The molecule has 0 aliphatic rings. The molecule has 0 saturated carbocycles. The Kier molecular flexibility index (Phi) is 4.28. The van der Waals surface area contributed by atoms with E-state index in [1.165, 1.54) is 18.2 Å². The number of sulfonamides is 1. The maximum absolute atomic E-state index is 13.1. The van der Waals surface area contributed by atoms with Gasteiger partial charge in [0.05, 0.1) is 17.1 Å². The summed E-state index contributed by atoms with van der Waals surface area (Å²) >= 11 is 0. The largest absolute Gasteiger partial charge is 0.279 e. The molecule has 1 aromatic carbocycles. The minimum atomic E-state index is -3.78. The van der Waals surface area contributed by atoms with Crippen LogP contribution in [0.2, 0.25) is 0 Å². The second kappa shape index (κ2) is 5.72. The van der Waals surface area contributed by atoms with Crippen molar-refractivity contribution in [2.75, 3.05) is 4.72 Å². The number of aryl methyl sites for hydroxylation is 2. The molecule has 0 unspecified atom stereocenters. The first kappa shape index (κ1) is 16.5. The fraction of sp³-hybridized carbons (Fsp3) is 0.400. The molecule has 0 spiro atoms. The Bertz CT molecular complexity index is 810. The highest BCUT2D eigenvalue weighted by molar-refractivity contribution is 7.92. The lowest BCUT2D eigenvalue weighted by molar-refractivity contribution is 0.514. The molecule has 0 aliphatic carbocycles. The molecule has 1 heterocycles. The van der Waals surface area contributed by atoms with Crippen LogP contribution < -0.4 is 4.72 Å². The molecule has 1 aromatic heterocycles. The number of halogens is 1. The van der Waals surface area contributed by atoms with Crippen LogP contribution in [-0.4, -0.2) is 18.2 Å². The van der Waals surface area contributed by atoms with E-state index in [0.717, 1.165) is 0 Å². The van der Waals surface area contributed by atoms with Crippen LogP contribution in [0.25, 0.3) is 0 Å². The summed E-state index contributed by atoms with van der Waals surface area (Å²) in [5.74, 6) is -0.402. The van der Waals surface area contributed by atoms with Crippen molar-refractivity contribution in [2.24, 2.45) is 0 Å². The number of nitrogens with one attached hydrogen (secondary N) is 1. The zero-order chi connectivity index (χ0) is 16.7. The summed E-state index contributed by atoms with van der Waals surface area (Å²) in [7, 11) is -3.78. The topological polar surface area (TPSA) is 64.0 Å². The highest BCUT2D eigenvalue weighted by atomic mass is 32.2.